The lowest BCUT2D eigenvalue weighted by Crippen LogP contribution is -2.40. The number of hydrogen-bond acceptors (Lipinski definition) is 5. The van der Waals surface area contributed by atoms with Crippen LogP contribution in [0.1, 0.15) is 25.5 Å². The largest absolute Gasteiger partial charge is 0.312 e. The van der Waals surface area contributed by atoms with E-state index in [4.69, 9.17) is 0 Å². The molecule has 104 valence electrons. The molecule has 0 saturated carbocycles. The molecule has 2 aliphatic heterocycles. The van der Waals surface area contributed by atoms with Crippen LogP contribution in [0.2, 0.25) is 0 Å². The van der Waals surface area contributed by atoms with Gasteiger partial charge in [-0.25, -0.2) is 4.98 Å². The normalized spacial score (nSPS) is 27.2. The molecular formula is C13H20N4OS. The van der Waals surface area contributed by atoms with Gasteiger partial charge in [-0.15, -0.1) is 11.3 Å². The van der Waals surface area contributed by atoms with E-state index in [0.29, 0.717) is 11.2 Å². The number of carbonyl (C=O) groups excluding carboxylic acids is 1. The van der Waals surface area contributed by atoms with E-state index in [2.05, 4.69) is 20.5 Å². The molecule has 0 spiro atoms. The van der Waals surface area contributed by atoms with Crippen molar-refractivity contribution >= 4 is 22.4 Å². The zero-order valence-electron chi connectivity index (χ0n) is 11.2. The number of rotatable bonds is 3. The van der Waals surface area contributed by atoms with Gasteiger partial charge >= 0.3 is 0 Å². The summed E-state index contributed by atoms with van der Waals surface area (Å²) >= 11 is 1.50. The first kappa shape index (κ1) is 13.0. The molecule has 2 atom stereocenters. The quantitative estimate of drug-likeness (QED) is 0.876. The maximum Gasteiger partial charge on any atom is 0.223 e. The number of nitrogens with zero attached hydrogens (tertiary/aromatic N) is 2. The predicted octanol–water partition coefficient (Wildman–Crippen LogP) is 1.29. The number of likely N-dealkylation sites (tertiary alicyclic amines) is 1. The molecule has 0 aromatic carbocycles. The minimum Gasteiger partial charge on any atom is -0.312 e. The second kappa shape index (κ2) is 5.56. The average molecular weight is 280 g/mol. The Morgan fingerprint density at radius 1 is 1.63 bits per heavy atom. The number of nitrogens with one attached hydrogen (secondary N) is 2. The number of aromatic nitrogens is 1. The van der Waals surface area contributed by atoms with Crippen LogP contribution in [0, 0.1) is 5.92 Å². The molecule has 0 radical (unpaired) electrons. The van der Waals surface area contributed by atoms with Gasteiger partial charge in [-0.3, -0.25) is 9.69 Å². The molecule has 19 heavy (non-hydrogen) atoms. The van der Waals surface area contributed by atoms with Gasteiger partial charge in [0, 0.05) is 38.0 Å². The Bertz CT molecular complexity index is 447. The number of carbonyl (C=O) groups is 1. The number of amides is 1. The van der Waals surface area contributed by atoms with Crippen molar-refractivity contribution in [3.63, 3.8) is 0 Å². The molecule has 3 rings (SSSR count). The van der Waals surface area contributed by atoms with Gasteiger partial charge in [-0.05, 0) is 25.3 Å². The zero-order valence-corrected chi connectivity index (χ0v) is 12.0. The summed E-state index contributed by atoms with van der Waals surface area (Å²) in [7, 11) is 0. The van der Waals surface area contributed by atoms with Crippen molar-refractivity contribution in [1.29, 1.82) is 0 Å². The van der Waals surface area contributed by atoms with Crippen molar-refractivity contribution in [2.75, 3.05) is 25.0 Å². The summed E-state index contributed by atoms with van der Waals surface area (Å²) in [4.78, 5) is 17.9. The van der Waals surface area contributed by atoms with Crippen LogP contribution in [0.5, 0.6) is 0 Å². The number of anilines is 1. The SMILES string of the molecule is CC(=O)Nc1nc(CN2CC3CCCNC3C2)cs1. The molecule has 2 unspecified atom stereocenters. The third-order valence-corrected chi connectivity index (χ3v) is 4.70. The van der Waals surface area contributed by atoms with Crippen LogP contribution >= 0.6 is 11.3 Å². The minimum atomic E-state index is -0.0581. The number of thiazole rings is 1. The lowest BCUT2D eigenvalue weighted by Gasteiger charge is -2.24. The highest BCUT2D eigenvalue weighted by molar-refractivity contribution is 7.13. The Hall–Kier alpha value is -0.980. The van der Waals surface area contributed by atoms with Gasteiger partial charge in [0.1, 0.15) is 0 Å². The Balaban J connectivity index is 1.56. The summed E-state index contributed by atoms with van der Waals surface area (Å²) in [6.45, 7) is 5.86. The highest BCUT2D eigenvalue weighted by Gasteiger charge is 2.34. The second-order valence-corrected chi connectivity index (χ2v) is 6.34. The topological polar surface area (TPSA) is 57.3 Å². The lowest BCUT2D eigenvalue weighted by atomic mass is 9.94. The molecule has 0 aliphatic carbocycles. The summed E-state index contributed by atoms with van der Waals surface area (Å²) < 4.78 is 0. The van der Waals surface area contributed by atoms with E-state index in [-0.39, 0.29) is 5.91 Å². The molecule has 1 amide bonds. The first-order chi connectivity index (χ1) is 9.20. The third-order valence-electron chi connectivity index (χ3n) is 3.90. The van der Waals surface area contributed by atoms with Crippen LogP contribution in [0.3, 0.4) is 0 Å². The summed E-state index contributed by atoms with van der Waals surface area (Å²) in [5.41, 5.74) is 1.06. The number of hydrogen-bond donors (Lipinski definition) is 2. The zero-order chi connectivity index (χ0) is 13.2. The van der Waals surface area contributed by atoms with E-state index in [9.17, 15) is 4.79 Å². The van der Waals surface area contributed by atoms with Gasteiger partial charge in [0.2, 0.25) is 5.91 Å². The minimum absolute atomic E-state index is 0.0581. The Kier molecular flexibility index (Phi) is 3.81. The molecule has 2 N–H and O–H groups in total. The second-order valence-electron chi connectivity index (χ2n) is 5.48. The fraction of sp³-hybridized carbons (Fsp3) is 0.692. The summed E-state index contributed by atoms with van der Waals surface area (Å²) in [6.07, 6.45) is 2.65. The molecule has 1 aromatic heterocycles. The van der Waals surface area contributed by atoms with Crippen molar-refractivity contribution in [2.24, 2.45) is 5.92 Å². The molecule has 5 nitrogen and oxygen atoms in total. The van der Waals surface area contributed by atoms with Gasteiger partial charge in [-0.1, -0.05) is 0 Å². The first-order valence-corrected chi connectivity index (χ1v) is 7.76. The Morgan fingerprint density at radius 3 is 3.32 bits per heavy atom. The Morgan fingerprint density at radius 2 is 2.53 bits per heavy atom. The molecule has 2 saturated heterocycles. The molecule has 2 fully saturated rings. The summed E-state index contributed by atoms with van der Waals surface area (Å²) in [5, 5.41) is 9.10. The van der Waals surface area contributed by atoms with E-state index in [1.165, 1.54) is 44.2 Å². The van der Waals surface area contributed by atoms with Gasteiger partial charge in [0.05, 0.1) is 5.69 Å². The highest BCUT2D eigenvalue weighted by Crippen LogP contribution is 2.26. The van der Waals surface area contributed by atoms with Crippen molar-refractivity contribution in [3.05, 3.63) is 11.1 Å². The predicted molar refractivity (Wildman–Crippen MR) is 76.2 cm³/mol. The van der Waals surface area contributed by atoms with E-state index in [1.54, 1.807) is 0 Å². The number of piperidine rings is 1. The maximum absolute atomic E-state index is 11.0. The van der Waals surface area contributed by atoms with Crippen LogP contribution in [-0.4, -0.2) is 41.5 Å². The van der Waals surface area contributed by atoms with Gasteiger partial charge in [0.15, 0.2) is 5.13 Å². The van der Waals surface area contributed by atoms with Gasteiger partial charge < -0.3 is 10.6 Å². The van der Waals surface area contributed by atoms with Crippen molar-refractivity contribution in [1.82, 2.24) is 15.2 Å². The molecule has 6 heteroatoms. The average Bonchev–Trinajstić information content (AvgIpc) is 2.94. The summed E-state index contributed by atoms with van der Waals surface area (Å²) in [6, 6.07) is 0.669. The lowest BCUT2D eigenvalue weighted by molar-refractivity contribution is -0.114. The van der Waals surface area contributed by atoms with E-state index in [0.717, 1.165) is 24.7 Å². The van der Waals surface area contributed by atoms with E-state index >= 15 is 0 Å². The van der Waals surface area contributed by atoms with Crippen molar-refractivity contribution < 1.29 is 4.79 Å². The smallest absolute Gasteiger partial charge is 0.223 e. The fourth-order valence-corrected chi connectivity index (χ4v) is 3.83. The van der Waals surface area contributed by atoms with Crippen LogP contribution in [-0.2, 0) is 11.3 Å². The highest BCUT2D eigenvalue weighted by atomic mass is 32.1. The third kappa shape index (κ3) is 3.13. The maximum atomic E-state index is 11.0. The molecule has 3 heterocycles. The first-order valence-electron chi connectivity index (χ1n) is 6.88. The van der Waals surface area contributed by atoms with E-state index < -0.39 is 0 Å². The summed E-state index contributed by atoms with van der Waals surface area (Å²) in [5.74, 6) is 0.750. The van der Waals surface area contributed by atoms with Gasteiger partial charge in [0.25, 0.3) is 0 Å². The Labute approximate surface area is 117 Å². The van der Waals surface area contributed by atoms with Crippen LogP contribution in [0.4, 0.5) is 5.13 Å². The van der Waals surface area contributed by atoms with Crippen molar-refractivity contribution in [3.8, 4) is 0 Å². The monoisotopic (exact) mass is 280 g/mol. The van der Waals surface area contributed by atoms with Crippen molar-refractivity contribution in [2.45, 2.75) is 32.4 Å². The van der Waals surface area contributed by atoms with E-state index in [1.807, 2.05) is 5.38 Å². The van der Waals surface area contributed by atoms with Crippen LogP contribution < -0.4 is 10.6 Å². The molecule has 1 aromatic rings. The van der Waals surface area contributed by atoms with Gasteiger partial charge in [-0.2, -0.15) is 0 Å². The molecule has 0 bridgehead atoms. The standard InChI is InChI=1S/C13H20N4OS/c1-9(18)15-13-16-11(8-19-13)6-17-5-10-3-2-4-14-12(10)7-17/h8,10,12,14H,2-7H2,1H3,(H,15,16,18). The van der Waals surface area contributed by atoms with Crippen LogP contribution in [0.25, 0.3) is 0 Å². The fourth-order valence-electron chi connectivity index (χ4n) is 3.08. The molecular weight excluding hydrogens is 260 g/mol. The molecule has 2 aliphatic rings. The number of fused-ring (bicyclic) bond motifs is 1. The van der Waals surface area contributed by atoms with Crippen LogP contribution in [0.15, 0.2) is 5.38 Å².